The van der Waals surface area contributed by atoms with Gasteiger partial charge in [-0.2, -0.15) is 0 Å². The number of rotatable bonds is 7. The van der Waals surface area contributed by atoms with Crippen LogP contribution in [-0.4, -0.2) is 79.4 Å². The molecule has 0 spiro atoms. The Morgan fingerprint density at radius 3 is 2.44 bits per heavy atom. The summed E-state index contributed by atoms with van der Waals surface area (Å²) in [6.07, 6.45) is -8.20. The van der Waals surface area contributed by atoms with Crippen molar-refractivity contribution in [3.63, 3.8) is 0 Å². The highest BCUT2D eigenvalue weighted by Crippen LogP contribution is 2.35. The predicted molar refractivity (Wildman–Crippen MR) is 86.9 cm³/mol. The molecule has 10 nitrogen and oxygen atoms in total. The summed E-state index contributed by atoms with van der Waals surface area (Å²) in [5, 5.41) is 58.1. The van der Waals surface area contributed by atoms with Gasteiger partial charge in [0.25, 0.3) is 5.79 Å². The minimum atomic E-state index is -2.88. The number of carbonyl (C=O) groups is 2. The summed E-state index contributed by atoms with van der Waals surface area (Å²) >= 11 is 0. The van der Waals surface area contributed by atoms with E-state index in [1.165, 1.54) is 0 Å². The molecule has 1 aromatic rings. The zero-order valence-corrected chi connectivity index (χ0v) is 14.2. The van der Waals surface area contributed by atoms with Crippen LogP contribution in [0.1, 0.15) is 12.0 Å². The van der Waals surface area contributed by atoms with Gasteiger partial charge in [-0.25, -0.2) is 4.79 Å². The third-order valence-electron chi connectivity index (χ3n) is 4.33. The number of aliphatic hydroxyl groups is 5. The highest BCUT2D eigenvalue weighted by Gasteiger charge is 2.56. The standard InChI is InChI=1S/C17H22O10/c18-7-11(20)13(21)14-12(10(19)6-17(25,27-14)16(23)24)15(22)26-8-9-4-2-1-3-5-9/h1-5,10-14,18-21,25H,6-8H2,(H,23,24)/t10-,11+,12?,13+,14+,17+/m0/s1. The zero-order valence-electron chi connectivity index (χ0n) is 14.2. The lowest BCUT2D eigenvalue weighted by atomic mass is 9.83. The van der Waals surface area contributed by atoms with Crippen LogP contribution >= 0.6 is 0 Å². The molecule has 6 N–H and O–H groups in total. The third kappa shape index (κ3) is 4.80. The molecular formula is C17H22O10. The van der Waals surface area contributed by atoms with Gasteiger partial charge in [0.15, 0.2) is 0 Å². The SMILES string of the molecule is O=C(OCc1ccccc1)C1[C@H]([C@H](O)[C@H](O)CO)O[C@@](O)(C(=O)O)C[C@@H]1O. The van der Waals surface area contributed by atoms with E-state index >= 15 is 0 Å². The fourth-order valence-electron chi connectivity index (χ4n) is 2.84. The number of ether oxygens (including phenoxy) is 2. The van der Waals surface area contributed by atoms with Crippen molar-refractivity contribution in [2.45, 2.75) is 43.2 Å². The van der Waals surface area contributed by atoms with Crippen molar-refractivity contribution in [1.29, 1.82) is 0 Å². The summed E-state index contributed by atoms with van der Waals surface area (Å²) < 4.78 is 10.0. The average molecular weight is 386 g/mol. The number of carboxylic acid groups (broad SMARTS) is 1. The highest BCUT2D eigenvalue weighted by molar-refractivity contribution is 5.78. The first-order chi connectivity index (χ1) is 12.7. The Kier molecular flexibility index (Phi) is 6.87. The molecule has 0 saturated carbocycles. The molecule has 1 aliphatic heterocycles. The lowest BCUT2D eigenvalue weighted by Crippen LogP contribution is -2.62. The van der Waals surface area contributed by atoms with E-state index in [1.807, 2.05) is 0 Å². The molecule has 6 atom stereocenters. The van der Waals surface area contributed by atoms with Gasteiger partial charge in [-0.15, -0.1) is 0 Å². The molecule has 1 aliphatic rings. The Hall–Kier alpha value is -2.08. The molecule has 1 saturated heterocycles. The van der Waals surface area contributed by atoms with Crippen LogP contribution < -0.4 is 0 Å². The minimum Gasteiger partial charge on any atom is -0.477 e. The van der Waals surface area contributed by atoms with E-state index in [0.29, 0.717) is 5.56 Å². The van der Waals surface area contributed by atoms with Crippen molar-refractivity contribution in [1.82, 2.24) is 0 Å². The monoisotopic (exact) mass is 386 g/mol. The second-order valence-corrected chi connectivity index (χ2v) is 6.30. The van der Waals surface area contributed by atoms with E-state index in [4.69, 9.17) is 19.7 Å². The van der Waals surface area contributed by atoms with Crippen molar-refractivity contribution in [3.05, 3.63) is 35.9 Å². The molecule has 0 radical (unpaired) electrons. The first-order valence-corrected chi connectivity index (χ1v) is 8.19. The van der Waals surface area contributed by atoms with Gasteiger partial charge in [-0.3, -0.25) is 4.79 Å². The molecule has 1 aromatic carbocycles. The first kappa shape index (κ1) is 21.2. The van der Waals surface area contributed by atoms with Gasteiger partial charge in [0.05, 0.1) is 12.7 Å². The number of carboxylic acids is 1. The number of benzene rings is 1. The molecule has 150 valence electrons. The molecule has 2 rings (SSSR count). The Morgan fingerprint density at radius 2 is 1.89 bits per heavy atom. The highest BCUT2D eigenvalue weighted by atomic mass is 16.7. The molecule has 0 aliphatic carbocycles. The second-order valence-electron chi connectivity index (χ2n) is 6.30. The lowest BCUT2D eigenvalue weighted by molar-refractivity contribution is -0.302. The largest absolute Gasteiger partial charge is 0.477 e. The summed E-state index contributed by atoms with van der Waals surface area (Å²) in [7, 11) is 0. The van der Waals surface area contributed by atoms with E-state index in [9.17, 15) is 30.0 Å². The number of esters is 1. The van der Waals surface area contributed by atoms with Crippen molar-refractivity contribution < 1.29 is 49.7 Å². The van der Waals surface area contributed by atoms with E-state index in [-0.39, 0.29) is 6.61 Å². The zero-order chi connectivity index (χ0) is 20.2. The first-order valence-electron chi connectivity index (χ1n) is 8.19. The molecule has 0 aromatic heterocycles. The molecule has 1 fully saturated rings. The summed E-state index contributed by atoms with van der Waals surface area (Å²) in [5.74, 6) is -7.33. The van der Waals surface area contributed by atoms with Crippen LogP contribution in [0.15, 0.2) is 30.3 Å². The van der Waals surface area contributed by atoms with E-state index in [1.54, 1.807) is 30.3 Å². The van der Waals surface area contributed by atoms with Crippen LogP contribution in [0.4, 0.5) is 0 Å². The van der Waals surface area contributed by atoms with E-state index in [2.05, 4.69) is 0 Å². The van der Waals surface area contributed by atoms with Crippen molar-refractivity contribution in [2.75, 3.05) is 6.61 Å². The fourth-order valence-corrected chi connectivity index (χ4v) is 2.84. The lowest BCUT2D eigenvalue weighted by Gasteiger charge is -2.43. The van der Waals surface area contributed by atoms with E-state index < -0.39 is 61.1 Å². The molecule has 0 amide bonds. The van der Waals surface area contributed by atoms with Gasteiger partial charge in [0.2, 0.25) is 0 Å². The van der Waals surface area contributed by atoms with Crippen LogP contribution in [-0.2, 0) is 25.7 Å². The van der Waals surface area contributed by atoms with Crippen LogP contribution in [0.25, 0.3) is 0 Å². The van der Waals surface area contributed by atoms with Gasteiger partial charge in [-0.05, 0) is 5.56 Å². The van der Waals surface area contributed by atoms with Crippen molar-refractivity contribution >= 4 is 11.9 Å². The second kappa shape index (κ2) is 8.74. The van der Waals surface area contributed by atoms with Crippen LogP contribution in [0.2, 0.25) is 0 Å². The van der Waals surface area contributed by atoms with Gasteiger partial charge < -0.3 is 40.1 Å². The van der Waals surface area contributed by atoms with Gasteiger partial charge in [0.1, 0.15) is 30.8 Å². The number of carbonyl (C=O) groups excluding carboxylic acids is 1. The minimum absolute atomic E-state index is 0.155. The molecular weight excluding hydrogens is 364 g/mol. The molecule has 1 heterocycles. The van der Waals surface area contributed by atoms with E-state index in [0.717, 1.165) is 0 Å². The van der Waals surface area contributed by atoms with Crippen LogP contribution in [0.3, 0.4) is 0 Å². The molecule has 27 heavy (non-hydrogen) atoms. The molecule has 0 bridgehead atoms. The summed E-state index contributed by atoms with van der Waals surface area (Å²) in [4.78, 5) is 23.7. The summed E-state index contributed by atoms with van der Waals surface area (Å²) in [6, 6.07) is 8.58. The Labute approximate surface area is 154 Å². The van der Waals surface area contributed by atoms with Gasteiger partial charge in [0, 0.05) is 6.42 Å². The number of hydrogen-bond donors (Lipinski definition) is 6. The van der Waals surface area contributed by atoms with Crippen LogP contribution in [0.5, 0.6) is 0 Å². The maximum atomic E-state index is 12.4. The third-order valence-corrected chi connectivity index (χ3v) is 4.33. The number of aliphatic hydroxyl groups excluding tert-OH is 4. The Morgan fingerprint density at radius 1 is 1.26 bits per heavy atom. The Balaban J connectivity index is 2.21. The molecule has 1 unspecified atom stereocenters. The fraction of sp³-hybridized carbons (Fsp3) is 0.529. The maximum absolute atomic E-state index is 12.4. The van der Waals surface area contributed by atoms with Crippen molar-refractivity contribution in [2.24, 2.45) is 5.92 Å². The predicted octanol–water partition coefficient (Wildman–Crippen LogP) is -2.02. The smallest absolute Gasteiger partial charge is 0.364 e. The normalized spacial score (nSPS) is 30.3. The summed E-state index contributed by atoms with van der Waals surface area (Å²) in [5.41, 5.74) is 0.645. The Bertz CT molecular complexity index is 650. The van der Waals surface area contributed by atoms with Gasteiger partial charge in [-0.1, -0.05) is 30.3 Å². The average Bonchev–Trinajstić information content (AvgIpc) is 2.65. The maximum Gasteiger partial charge on any atom is 0.364 e. The van der Waals surface area contributed by atoms with Crippen molar-refractivity contribution in [3.8, 4) is 0 Å². The molecule has 10 heteroatoms. The van der Waals surface area contributed by atoms with Gasteiger partial charge >= 0.3 is 11.9 Å². The quantitative estimate of drug-likeness (QED) is 0.287. The summed E-state index contributed by atoms with van der Waals surface area (Å²) in [6.45, 7) is -1.08. The number of aliphatic carboxylic acids is 1. The number of hydrogen-bond acceptors (Lipinski definition) is 9. The topological polar surface area (TPSA) is 174 Å². The van der Waals surface area contributed by atoms with Crippen LogP contribution in [0, 0.1) is 5.92 Å².